The fourth-order valence-corrected chi connectivity index (χ4v) is 2.82. The number of nitrogens with one attached hydrogen (secondary N) is 1. The Morgan fingerprint density at radius 3 is 2.72 bits per heavy atom. The lowest BCUT2D eigenvalue weighted by Crippen LogP contribution is -2.22. The van der Waals surface area contributed by atoms with Crippen molar-refractivity contribution in [3.05, 3.63) is 54.4 Å². The number of carbonyl (C=O) groups is 1. The highest BCUT2D eigenvalue weighted by Crippen LogP contribution is 2.26. The van der Waals surface area contributed by atoms with E-state index in [9.17, 15) is 4.79 Å². The predicted molar refractivity (Wildman–Crippen MR) is 97.3 cm³/mol. The smallest absolute Gasteiger partial charge is 0.277 e. The van der Waals surface area contributed by atoms with Crippen molar-refractivity contribution in [2.24, 2.45) is 0 Å². The first-order valence-electron chi connectivity index (χ1n) is 7.96. The first-order valence-corrected chi connectivity index (χ1v) is 8.84. The number of aryl methyl sites for hydroxylation is 1. The number of benzene rings is 1. The highest BCUT2D eigenvalue weighted by atomic mass is 32.2. The van der Waals surface area contributed by atoms with Crippen LogP contribution in [-0.4, -0.2) is 26.3 Å². The second-order valence-corrected chi connectivity index (χ2v) is 6.71. The lowest BCUT2D eigenvalue weighted by atomic mass is 10.1. The van der Waals surface area contributed by atoms with Gasteiger partial charge in [0.25, 0.3) is 5.22 Å². The van der Waals surface area contributed by atoms with Crippen molar-refractivity contribution in [1.29, 1.82) is 0 Å². The Morgan fingerprint density at radius 1 is 1.24 bits per heavy atom. The van der Waals surface area contributed by atoms with Gasteiger partial charge < -0.3 is 9.73 Å². The van der Waals surface area contributed by atoms with E-state index in [1.165, 1.54) is 17.3 Å². The van der Waals surface area contributed by atoms with Gasteiger partial charge in [-0.15, -0.1) is 10.2 Å². The standard InChI is InChI=1S/C18H18N4O2S/c1-3-13-6-8-15(9-7-13)20-16(23)12(2)25-18-22-21-17(24-18)14-5-4-10-19-11-14/h4-12H,3H2,1-2H3,(H,20,23)/t12-/m0/s1. The number of rotatable bonds is 6. The quantitative estimate of drug-likeness (QED) is 0.678. The molecule has 1 amide bonds. The Bertz CT molecular complexity index is 834. The molecule has 0 aliphatic carbocycles. The van der Waals surface area contributed by atoms with E-state index in [1.54, 1.807) is 25.4 Å². The summed E-state index contributed by atoms with van der Waals surface area (Å²) in [4.78, 5) is 16.3. The zero-order valence-corrected chi connectivity index (χ0v) is 14.8. The second kappa shape index (κ2) is 7.94. The van der Waals surface area contributed by atoms with Gasteiger partial charge in [0.2, 0.25) is 11.8 Å². The van der Waals surface area contributed by atoms with Gasteiger partial charge in [-0.25, -0.2) is 0 Å². The molecule has 0 aliphatic heterocycles. The van der Waals surface area contributed by atoms with Crippen LogP contribution in [0.2, 0.25) is 0 Å². The summed E-state index contributed by atoms with van der Waals surface area (Å²) in [6.07, 6.45) is 4.30. The molecule has 0 aliphatic rings. The van der Waals surface area contributed by atoms with Crippen molar-refractivity contribution >= 4 is 23.4 Å². The van der Waals surface area contributed by atoms with Crippen LogP contribution >= 0.6 is 11.8 Å². The van der Waals surface area contributed by atoms with Crippen LogP contribution in [0.3, 0.4) is 0 Å². The molecular weight excluding hydrogens is 336 g/mol. The third-order valence-electron chi connectivity index (χ3n) is 3.59. The highest BCUT2D eigenvalue weighted by Gasteiger charge is 2.19. The van der Waals surface area contributed by atoms with Crippen LogP contribution in [0, 0.1) is 0 Å². The molecule has 6 nitrogen and oxygen atoms in total. The van der Waals surface area contributed by atoms with Gasteiger partial charge in [0.05, 0.1) is 10.8 Å². The molecule has 2 heterocycles. The summed E-state index contributed by atoms with van der Waals surface area (Å²) in [6, 6.07) is 11.5. The molecule has 1 N–H and O–H groups in total. The van der Waals surface area contributed by atoms with Crippen LogP contribution in [0.25, 0.3) is 11.5 Å². The molecule has 0 radical (unpaired) electrons. The minimum absolute atomic E-state index is 0.115. The molecule has 7 heteroatoms. The summed E-state index contributed by atoms with van der Waals surface area (Å²) in [5, 5.41) is 10.9. The Labute approximate surface area is 150 Å². The Morgan fingerprint density at radius 2 is 2.04 bits per heavy atom. The number of amides is 1. The van der Waals surface area contributed by atoms with Gasteiger partial charge in [0, 0.05) is 18.1 Å². The maximum absolute atomic E-state index is 12.3. The summed E-state index contributed by atoms with van der Waals surface area (Å²) in [7, 11) is 0. The van der Waals surface area contributed by atoms with E-state index < -0.39 is 0 Å². The van der Waals surface area contributed by atoms with Gasteiger partial charge in [-0.3, -0.25) is 9.78 Å². The van der Waals surface area contributed by atoms with Gasteiger partial charge in [0.1, 0.15) is 0 Å². The van der Waals surface area contributed by atoms with Crippen molar-refractivity contribution in [2.75, 3.05) is 5.32 Å². The number of pyridine rings is 1. The molecule has 3 rings (SSSR count). The molecule has 128 valence electrons. The molecule has 1 atom stereocenters. The second-order valence-electron chi connectivity index (χ2n) is 5.41. The van der Waals surface area contributed by atoms with Crippen molar-refractivity contribution < 1.29 is 9.21 Å². The largest absolute Gasteiger partial charge is 0.411 e. The number of carbonyl (C=O) groups excluding carboxylic acids is 1. The molecule has 0 saturated carbocycles. The monoisotopic (exact) mass is 354 g/mol. The number of hydrogen-bond acceptors (Lipinski definition) is 6. The molecule has 1 aromatic carbocycles. The molecule has 0 saturated heterocycles. The summed E-state index contributed by atoms with van der Waals surface area (Å²) >= 11 is 1.22. The molecule has 0 spiro atoms. The van der Waals surface area contributed by atoms with Crippen LogP contribution in [-0.2, 0) is 11.2 Å². The van der Waals surface area contributed by atoms with E-state index in [1.807, 2.05) is 30.3 Å². The predicted octanol–water partition coefficient (Wildman–Crippen LogP) is 3.81. The summed E-state index contributed by atoms with van der Waals surface area (Å²) in [6.45, 7) is 3.89. The van der Waals surface area contributed by atoms with Crippen molar-refractivity contribution in [1.82, 2.24) is 15.2 Å². The van der Waals surface area contributed by atoms with Crippen molar-refractivity contribution in [3.63, 3.8) is 0 Å². The first kappa shape index (κ1) is 17.2. The fraction of sp³-hybridized carbons (Fsp3) is 0.222. The Kier molecular flexibility index (Phi) is 5.45. The molecule has 2 aromatic heterocycles. The van der Waals surface area contributed by atoms with Crippen molar-refractivity contribution in [2.45, 2.75) is 30.7 Å². The third-order valence-corrected chi connectivity index (χ3v) is 4.53. The zero-order chi connectivity index (χ0) is 17.6. The zero-order valence-electron chi connectivity index (χ0n) is 14.0. The van der Waals surface area contributed by atoms with Gasteiger partial charge in [-0.2, -0.15) is 0 Å². The molecule has 3 aromatic rings. The number of hydrogen-bond donors (Lipinski definition) is 1. The molecule has 25 heavy (non-hydrogen) atoms. The van der Waals surface area contributed by atoms with Crippen LogP contribution < -0.4 is 5.32 Å². The summed E-state index contributed by atoms with van der Waals surface area (Å²) in [5.74, 6) is 0.272. The third kappa shape index (κ3) is 4.45. The van der Waals surface area contributed by atoms with E-state index in [0.717, 1.165) is 17.7 Å². The fourth-order valence-electron chi connectivity index (χ4n) is 2.14. The molecule has 0 fully saturated rings. The number of aromatic nitrogens is 3. The van der Waals surface area contributed by atoms with Gasteiger partial charge >= 0.3 is 0 Å². The van der Waals surface area contributed by atoms with Gasteiger partial charge in [-0.1, -0.05) is 30.8 Å². The Hall–Kier alpha value is -2.67. The average molecular weight is 354 g/mol. The van der Waals surface area contributed by atoms with E-state index in [4.69, 9.17) is 4.42 Å². The molecular formula is C18H18N4O2S. The number of anilines is 1. The molecule has 0 unspecified atom stereocenters. The number of nitrogens with zero attached hydrogens (tertiary/aromatic N) is 3. The van der Waals surface area contributed by atoms with E-state index in [0.29, 0.717) is 11.1 Å². The summed E-state index contributed by atoms with van der Waals surface area (Å²) < 4.78 is 5.59. The normalized spacial score (nSPS) is 11.9. The topological polar surface area (TPSA) is 80.9 Å². The van der Waals surface area contributed by atoms with E-state index >= 15 is 0 Å². The van der Waals surface area contributed by atoms with Gasteiger partial charge in [0.15, 0.2) is 0 Å². The Balaban J connectivity index is 1.60. The van der Waals surface area contributed by atoms with Crippen LogP contribution in [0.15, 0.2) is 58.4 Å². The first-order chi connectivity index (χ1) is 12.2. The molecule has 0 bridgehead atoms. The highest BCUT2D eigenvalue weighted by molar-refractivity contribution is 8.00. The minimum Gasteiger partial charge on any atom is -0.411 e. The maximum atomic E-state index is 12.3. The maximum Gasteiger partial charge on any atom is 0.277 e. The van der Waals surface area contributed by atoms with Gasteiger partial charge in [-0.05, 0) is 43.2 Å². The van der Waals surface area contributed by atoms with Crippen LogP contribution in [0.5, 0.6) is 0 Å². The number of thioether (sulfide) groups is 1. The average Bonchev–Trinajstić information content (AvgIpc) is 3.11. The van der Waals surface area contributed by atoms with Crippen molar-refractivity contribution in [3.8, 4) is 11.5 Å². The minimum atomic E-state index is -0.368. The lowest BCUT2D eigenvalue weighted by Gasteiger charge is -2.10. The van der Waals surface area contributed by atoms with Crippen LogP contribution in [0.4, 0.5) is 5.69 Å². The van der Waals surface area contributed by atoms with E-state index in [-0.39, 0.29) is 11.2 Å². The summed E-state index contributed by atoms with van der Waals surface area (Å²) in [5.41, 5.74) is 2.75. The lowest BCUT2D eigenvalue weighted by molar-refractivity contribution is -0.115. The SMILES string of the molecule is CCc1ccc(NC(=O)[C@H](C)Sc2nnc(-c3cccnc3)o2)cc1. The van der Waals surface area contributed by atoms with Crippen LogP contribution in [0.1, 0.15) is 19.4 Å². The van der Waals surface area contributed by atoms with E-state index in [2.05, 4.69) is 27.4 Å².